The van der Waals surface area contributed by atoms with Crippen LogP contribution < -0.4 is 5.32 Å². The Morgan fingerprint density at radius 2 is 1.67 bits per heavy atom. The van der Waals surface area contributed by atoms with Crippen molar-refractivity contribution in [2.24, 2.45) is 0 Å². The maximum atomic E-state index is 12.4. The first kappa shape index (κ1) is 20.8. The molecule has 0 aliphatic heterocycles. The molecule has 0 aliphatic carbocycles. The molecule has 4 rings (SSSR count). The summed E-state index contributed by atoms with van der Waals surface area (Å²) in [4.78, 5) is 17.1. The number of anilines is 1. The van der Waals surface area contributed by atoms with Crippen LogP contribution in [0.2, 0.25) is 0 Å². The molecule has 5 nitrogen and oxygen atoms in total. The van der Waals surface area contributed by atoms with E-state index in [2.05, 4.69) is 47.3 Å². The minimum absolute atomic E-state index is 0.125. The number of hydrogen-bond acceptors (Lipinski definition) is 4. The molecule has 1 heterocycles. The molecule has 1 aromatic heterocycles. The Labute approximate surface area is 195 Å². The molecule has 3 aromatic carbocycles. The fourth-order valence-corrected chi connectivity index (χ4v) is 4.55. The van der Waals surface area contributed by atoms with E-state index in [9.17, 15) is 4.79 Å². The maximum Gasteiger partial charge on any atom is 0.234 e. The molecule has 0 aliphatic rings. The molecular weight excluding hydrogens is 528 g/mol. The van der Waals surface area contributed by atoms with Gasteiger partial charge in [-0.3, -0.25) is 4.79 Å². The number of nitrogens with one attached hydrogen (secondary N) is 1. The van der Waals surface area contributed by atoms with Crippen LogP contribution in [0, 0.1) is 0 Å². The zero-order valence-corrected chi connectivity index (χ0v) is 19.6. The second-order valence-electron chi connectivity index (χ2n) is 6.29. The lowest BCUT2D eigenvalue weighted by Gasteiger charge is -2.06. The molecule has 4 aromatic rings. The Hall–Kier alpha value is -2.42. The normalized spacial score (nSPS) is 10.7. The number of thioether (sulfide) groups is 1. The maximum absolute atomic E-state index is 12.4. The van der Waals surface area contributed by atoms with E-state index in [1.165, 1.54) is 11.8 Å². The summed E-state index contributed by atoms with van der Waals surface area (Å²) in [5.41, 5.74) is 2.60. The number of hydrogen-bond donors (Lipinski definition) is 1. The van der Waals surface area contributed by atoms with E-state index < -0.39 is 0 Å². The fourth-order valence-electron chi connectivity index (χ4n) is 2.78. The summed E-state index contributed by atoms with van der Waals surface area (Å²) >= 11 is 8.16. The predicted molar refractivity (Wildman–Crippen MR) is 128 cm³/mol. The standard InChI is InChI=1S/C22H16Br2N4OS/c23-16-11-12-19(18(24)13-16)25-20(29)14-30-22-26-21(15-7-3-1-4-8-15)28(27-22)17-9-5-2-6-10-17/h1-13H,14H2,(H,25,29). The predicted octanol–water partition coefficient (Wildman–Crippen LogP) is 6.19. The number of nitrogens with zero attached hydrogens (tertiary/aromatic N) is 3. The van der Waals surface area contributed by atoms with Crippen molar-refractivity contribution in [1.82, 2.24) is 14.8 Å². The number of carbonyl (C=O) groups is 1. The summed E-state index contributed by atoms with van der Waals surface area (Å²) in [6, 6.07) is 25.3. The van der Waals surface area contributed by atoms with Gasteiger partial charge in [0.1, 0.15) is 0 Å². The average Bonchev–Trinajstić information content (AvgIpc) is 3.20. The topological polar surface area (TPSA) is 59.8 Å². The van der Waals surface area contributed by atoms with Crippen LogP contribution in [-0.2, 0) is 4.79 Å². The third kappa shape index (κ3) is 5.00. The van der Waals surface area contributed by atoms with Crippen LogP contribution in [0.5, 0.6) is 0 Å². The third-order valence-electron chi connectivity index (χ3n) is 4.16. The number of halogens is 2. The van der Waals surface area contributed by atoms with Crippen molar-refractivity contribution < 1.29 is 4.79 Å². The van der Waals surface area contributed by atoms with Crippen LogP contribution in [0.15, 0.2) is 93.0 Å². The molecule has 0 atom stereocenters. The first-order chi connectivity index (χ1) is 14.6. The quantitative estimate of drug-likeness (QED) is 0.294. The van der Waals surface area contributed by atoms with E-state index in [-0.39, 0.29) is 11.7 Å². The van der Waals surface area contributed by atoms with Crippen LogP contribution in [0.4, 0.5) is 5.69 Å². The van der Waals surface area contributed by atoms with Gasteiger partial charge in [-0.25, -0.2) is 9.67 Å². The minimum Gasteiger partial charge on any atom is -0.324 e. The highest BCUT2D eigenvalue weighted by molar-refractivity contribution is 9.11. The Bertz CT molecular complexity index is 1110. The largest absolute Gasteiger partial charge is 0.324 e. The van der Waals surface area contributed by atoms with Crippen molar-refractivity contribution in [3.63, 3.8) is 0 Å². The Kier molecular flexibility index (Phi) is 6.66. The zero-order valence-electron chi connectivity index (χ0n) is 15.6. The first-order valence-electron chi connectivity index (χ1n) is 9.06. The van der Waals surface area contributed by atoms with Gasteiger partial charge in [-0.05, 0) is 46.3 Å². The summed E-state index contributed by atoms with van der Waals surface area (Å²) in [6.45, 7) is 0. The first-order valence-corrected chi connectivity index (χ1v) is 11.6. The Balaban J connectivity index is 1.53. The lowest BCUT2D eigenvalue weighted by molar-refractivity contribution is -0.113. The summed E-state index contributed by atoms with van der Waals surface area (Å²) in [7, 11) is 0. The van der Waals surface area contributed by atoms with Gasteiger partial charge < -0.3 is 5.32 Å². The van der Waals surface area contributed by atoms with Crippen molar-refractivity contribution >= 4 is 55.2 Å². The third-order valence-corrected chi connectivity index (χ3v) is 6.15. The van der Waals surface area contributed by atoms with Gasteiger partial charge in [-0.15, -0.1) is 5.10 Å². The number of aromatic nitrogens is 3. The van der Waals surface area contributed by atoms with Crippen LogP contribution in [0.1, 0.15) is 0 Å². The molecule has 0 saturated carbocycles. The van der Waals surface area contributed by atoms with E-state index in [1.54, 1.807) is 4.68 Å². The van der Waals surface area contributed by atoms with Crippen molar-refractivity contribution in [2.45, 2.75) is 5.16 Å². The molecule has 1 N–H and O–H groups in total. The van der Waals surface area contributed by atoms with Gasteiger partial charge in [0.2, 0.25) is 11.1 Å². The molecule has 8 heteroatoms. The SMILES string of the molecule is O=C(CSc1nc(-c2ccccc2)n(-c2ccccc2)n1)Nc1ccc(Br)cc1Br. The monoisotopic (exact) mass is 542 g/mol. The minimum atomic E-state index is -0.125. The summed E-state index contributed by atoms with van der Waals surface area (Å²) in [6.07, 6.45) is 0. The van der Waals surface area contributed by atoms with Gasteiger partial charge >= 0.3 is 0 Å². The van der Waals surface area contributed by atoms with Gasteiger partial charge in [-0.2, -0.15) is 0 Å². The van der Waals surface area contributed by atoms with Gasteiger partial charge in [0, 0.05) is 14.5 Å². The highest BCUT2D eigenvalue weighted by atomic mass is 79.9. The second-order valence-corrected chi connectivity index (χ2v) is 9.00. The van der Waals surface area contributed by atoms with Crippen LogP contribution in [0.3, 0.4) is 0 Å². The lowest BCUT2D eigenvalue weighted by atomic mass is 10.2. The van der Waals surface area contributed by atoms with Gasteiger partial charge in [0.15, 0.2) is 5.82 Å². The fraction of sp³-hybridized carbons (Fsp3) is 0.0455. The molecule has 150 valence electrons. The molecule has 0 fully saturated rings. The molecule has 0 unspecified atom stereocenters. The summed E-state index contributed by atoms with van der Waals surface area (Å²) < 4.78 is 3.56. The zero-order chi connectivity index (χ0) is 20.9. The number of para-hydroxylation sites is 1. The van der Waals surface area contributed by atoms with E-state index in [0.29, 0.717) is 5.16 Å². The van der Waals surface area contributed by atoms with Crippen LogP contribution in [0.25, 0.3) is 17.1 Å². The van der Waals surface area contributed by atoms with E-state index in [4.69, 9.17) is 0 Å². The van der Waals surface area contributed by atoms with E-state index in [0.717, 1.165) is 31.7 Å². The summed E-state index contributed by atoms with van der Waals surface area (Å²) in [5, 5.41) is 8.08. The number of carbonyl (C=O) groups excluding carboxylic acids is 1. The van der Waals surface area contributed by atoms with Gasteiger partial charge in [0.05, 0.1) is 17.1 Å². The van der Waals surface area contributed by atoms with Gasteiger partial charge in [-0.1, -0.05) is 76.2 Å². The van der Waals surface area contributed by atoms with E-state index in [1.807, 2.05) is 78.9 Å². The molecule has 0 bridgehead atoms. The van der Waals surface area contributed by atoms with Crippen LogP contribution in [-0.4, -0.2) is 26.4 Å². The molecule has 0 spiro atoms. The number of benzene rings is 3. The molecule has 30 heavy (non-hydrogen) atoms. The van der Waals surface area contributed by atoms with Crippen molar-refractivity contribution in [3.05, 3.63) is 87.8 Å². The van der Waals surface area contributed by atoms with Crippen LogP contribution >= 0.6 is 43.6 Å². The highest BCUT2D eigenvalue weighted by Crippen LogP contribution is 2.27. The smallest absolute Gasteiger partial charge is 0.234 e. The molecule has 0 saturated heterocycles. The van der Waals surface area contributed by atoms with Crippen molar-refractivity contribution in [1.29, 1.82) is 0 Å². The second kappa shape index (κ2) is 9.59. The number of rotatable bonds is 6. The summed E-state index contributed by atoms with van der Waals surface area (Å²) in [5.74, 6) is 0.816. The highest BCUT2D eigenvalue weighted by Gasteiger charge is 2.15. The Morgan fingerprint density at radius 3 is 2.37 bits per heavy atom. The van der Waals surface area contributed by atoms with Crippen molar-refractivity contribution in [3.8, 4) is 17.1 Å². The molecular formula is C22H16Br2N4OS. The Morgan fingerprint density at radius 1 is 0.967 bits per heavy atom. The molecule has 0 radical (unpaired) electrons. The lowest BCUT2D eigenvalue weighted by Crippen LogP contribution is -2.14. The van der Waals surface area contributed by atoms with Crippen molar-refractivity contribution in [2.75, 3.05) is 11.1 Å². The van der Waals surface area contributed by atoms with Gasteiger partial charge in [0.25, 0.3) is 0 Å². The average molecular weight is 544 g/mol. The molecule has 1 amide bonds. The van der Waals surface area contributed by atoms with E-state index >= 15 is 0 Å². The number of amides is 1.